The Kier molecular flexibility index (Phi) is 4.85. The first-order chi connectivity index (χ1) is 9.04. The molecule has 0 spiro atoms. The average Bonchev–Trinajstić information content (AvgIpc) is 2.77. The van der Waals surface area contributed by atoms with E-state index in [4.69, 9.17) is 0 Å². The highest BCUT2D eigenvalue weighted by molar-refractivity contribution is 8.13. The number of β-amino-alcohol motifs (C(OH)–C–C–N with tert-alkyl or cyclic N) is 1. The van der Waals surface area contributed by atoms with Crippen molar-refractivity contribution in [2.75, 3.05) is 27.2 Å². The number of thioether (sulfide) groups is 1. The van der Waals surface area contributed by atoms with Crippen molar-refractivity contribution in [2.24, 2.45) is 0 Å². The molecule has 0 unspecified atom stereocenters. The van der Waals surface area contributed by atoms with Gasteiger partial charge in [-0.15, -0.1) is 0 Å². The lowest BCUT2D eigenvalue weighted by Crippen LogP contribution is -2.21. The highest BCUT2D eigenvalue weighted by Crippen LogP contribution is 2.22. The maximum absolute atomic E-state index is 11.6. The number of likely N-dealkylation sites (tertiary alicyclic amines) is 1. The number of aliphatic hydroxyl groups is 1. The lowest BCUT2D eigenvalue weighted by atomic mass is 10.2. The topological polar surface area (TPSA) is 43.8 Å². The Morgan fingerprint density at radius 1 is 1.42 bits per heavy atom. The maximum Gasteiger partial charge on any atom is 0.285 e. The quantitative estimate of drug-likeness (QED) is 0.860. The predicted molar refractivity (Wildman–Crippen MR) is 77.3 cm³/mol. The van der Waals surface area contributed by atoms with Gasteiger partial charge in [-0.1, -0.05) is 12.1 Å². The van der Waals surface area contributed by atoms with Gasteiger partial charge in [0.15, 0.2) is 0 Å². The van der Waals surface area contributed by atoms with Gasteiger partial charge in [0.05, 0.1) is 6.10 Å². The molecule has 1 saturated heterocycles. The molecule has 1 aliphatic heterocycles. The van der Waals surface area contributed by atoms with Crippen LogP contribution >= 0.6 is 11.8 Å². The van der Waals surface area contributed by atoms with Crippen molar-refractivity contribution in [3.05, 3.63) is 29.8 Å². The molecule has 1 aromatic rings. The molecule has 5 heteroatoms. The van der Waals surface area contributed by atoms with Crippen LogP contribution in [-0.2, 0) is 6.54 Å². The van der Waals surface area contributed by atoms with E-state index in [9.17, 15) is 9.90 Å². The molecule has 2 rings (SSSR count). The zero-order chi connectivity index (χ0) is 13.8. The second-order valence-corrected chi connectivity index (χ2v) is 6.11. The number of hydrogen-bond acceptors (Lipinski definition) is 4. The Labute approximate surface area is 118 Å². The summed E-state index contributed by atoms with van der Waals surface area (Å²) < 4.78 is 0. The molecule has 1 aromatic carbocycles. The van der Waals surface area contributed by atoms with Gasteiger partial charge in [-0.25, -0.2) is 0 Å². The van der Waals surface area contributed by atoms with Crippen molar-refractivity contribution >= 4 is 17.0 Å². The lowest BCUT2D eigenvalue weighted by Gasteiger charge is -2.15. The lowest BCUT2D eigenvalue weighted by molar-refractivity contribution is 0.175. The summed E-state index contributed by atoms with van der Waals surface area (Å²) in [7, 11) is 3.50. The van der Waals surface area contributed by atoms with Crippen molar-refractivity contribution < 1.29 is 9.90 Å². The van der Waals surface area contributed by atoms with Crippen molar-refractivity contribution in [1.29, 1.82) is 0 Å². The number of aliphatic hydroxyl groups excluding tert-OH is 1. The van der Waals surface area contributed by atoms with Crippen LogP contribution in [0.2, 0.25) is 0 Å². The maximum atomic E-state index is 11.6. The van der Waals surface area contributed by atoms with Gasteiger partial charge in [0.1, 0.15) is 0 Å². The smallest absolute Gasteiger partial charge is 0.285 e. The minimum absolute atomic E-state index is 0.0374. The fourth-order valence-corrected chi connectivity index (χ4v) is 2.73. The standard InChI is InChI=1S/C14H20N2O2S/c1-15(2)14(18)19-13-5-3-11(4-6-13)9-16-8-7-12(17)10-16/h3-6,12,17H,7-10H2,1-2H3/t12-/m0/s1. The average molecular weight is 280 g/mol. The van der Waals surface area contributed by atoms with Gasteiger partial charge < -0.3 is 10.0 Å². The molecule has 0 saturated carbocycles. The summed E-state index contributed by atoms with van der Waals surface area (Å²) in [5.41, 5.74) is 1.22. The van der Waals surface area contributed by atoms with E-state index in [2.05, 4.69) is 17.0 Å². The highest BCUT2D eigenvalue weighted by Gasteiger charge is 2.19. The van der Waals surface area contributed by atoms with Crippen molar-refractivity contribution in [2.45, 2.75) is 24.0 Å². The number of carbonyl (C=O) groups is 1. The fourth-order valence-electron chi connectivity index (χ4n) is 2.07. The van der Waals surface area contributed by atoms with Gasteiger partial charge in [-0.3, -0.25) is 9.69 Å². The summed E-state index contributed by atoms with van der Waals surface area (Å²) in [4.78, 5) is 16.3. The van der Waals surface area contributed by atoms with E-state index < -0.39 is 0 Å². The van der Waals surface area contributed by atoms with Crippen LogP contribution in [0.25, 0.3) is 0 Å². The predicted octanol–water partition coefficient (Wildman–Crippen LogP) is 2.03. The van der Waals surface area contributed by atoms with Crippen LogP contribution in [-0.4, -0.2) is 53.4 Å². The van der Waals surface area contributed by atoms with Crippen LogP contribution in [0.15, 0.2) is 29.2 Å². The molecule has 0 radical (unpaired) electrons. The van der Waals surface area contributed by atoms with E-state index in [1.165, 1.54) is 17.3 Å². The molecule has 0 bridgehead atoms. The second kappa shape index (κ2) is 6.41. The normalized spacial score (nSPS) is 19.6. The van der Waals surface area contributed by atoms with Crippen LogP contribution in [0.3, 0.4) is 0 Å². The Bertz CT molecular complexity index is 434. The van der Waals surface area contributed by atoms with Gasteiger partial charge in [0.25, 0.3) is 5.24 Å². The minimum Gasteiger partial charge on any atom is -0.392 e. The first-order valence-corrected chi connectivity index (χ1v) is 7.25. The molecular formula is C14H20N2O2S. The van der Waals surface area contributed by atoms with Crippen LogP contribution in [0, 0.1) is 0 Å². The Balaban J connectivity index is 1.89. The summed E-state index contributed by atoms with van der Waals surface area (Å²) in [5.74, 6) is 0. The van der Waals surface area contributed by atoms with Crippen molar-refractivity contribution in [3.63, 3.8) is 0 Å². The van der Waals surface area contributed by atoms with E-state index in [-0.39, 0.29) is 11.3 Å². The van der Waals surface area contributed by atoms with Gasteiger partial charge in [-0.05, 0) is 35.9 Å². The summed E-state index contributed by atoms with van der Waals surface area (Å²) in [6.45, 7) is 2.58. The van der Waals surface area contributed by atoms with Gasteiger partial charge in [-0.2, -0.15) is 0 Å². The molecular weight excluding hydrogens is 260 g/mol. The molecule has 1 N–H and O–H groups in total. The fraction of sp³-hybridized carbons (Fsp3) is 0.500. The van der Waals surface area contributed by atoms with Crippen LogP contribution in [0.4, 0.5) is 4.79 Å². The molecule has 1 heterocycles. The number of nitrogens with zero attached hydrogens (tertiary/aromatic N) is 2. The Hall–Kier alpha value is -1.04. The van der Waals surface area contributed by atoms with E-state index in [0.717, 1.165) is 31.0 Å². The SMILES string of the molecule is CN(C)C(=O)Sc1ccc(CN2CC[C@H](O)C2)cc1. The molecule has 104 valence electrons. The summed E-state index contributed by atoms with van der Waals surface area (Å²) in [6, 6.07) is 8.06. The first kappa shape index (κ1) is 14.4. The van der Waals surface area contributed by atoms with Crippen LogP contribution in [0.1, 0.15) is 12.0 Å². The third-order valence-electron chi connectivity index (χ3n) is 3.15. The molecule has 1 aliphatic rings. The van der Waals surface area contributed by atoms with Crippen molar-refractivity contribution in [1.82, 2.24) is 9.80 Å². The molecule has 4 nitrogen and oxygen atoms in total. The largest absolute Gasteiger partial charge is 0.392 e. The summed E-state index contributed by atoms with van der Waals surface area (Å²) in [6.07, 6.45) is 0.693. The monoisotopic (exact) mass is 280 g/mol. The second-order valence-electron chi connectivity index (χ2n) is 5.08. The third kappa shape index (κ3) is 4.23. The van der Waals surface area contributed by atoms with Crippen molar-refractivity contribution in [3.8, 4) is 0 Å². The molecule has 1 amide bonds. The molecule has 1 atom stereocenters. The van der Waals surface area contributed by atoms with Gasteiger partial charge >= 0.3 is 0 Å². The van der Waals surface area contributed by atoms with Gasteiger partial charge in [0.2, 0.25) is 0 Å². The number of hydrogen-bond donors (Lipinski definition) is 1. The Morgan fingerprint density at radius 3 is 2.63 bits per heavy atom. The molecule has 0 aromatic heterocycles. The number of rotatable bonds is 3. The first-order valence-electron chi connectivity index (χ1n) is 6.43. The Morgan fingerprint density at radius 2 is 2.11 bits per heavy atom. The zero-order valence-electron chi connectivity index (χ0n) is 11.4. The number of carbonyl (C=O) groups excluding carboxylic acids is 1. The molecule has 1 fully saturated rings. The van der Waals surface area contributed by atoms with E-state index in [0.29, 0.717) is 0 Å². The summed E-state index contributed by atoms with van der Waals surface area (Å²) >= 11 is 1.24. The molecule has 0 aliphatic carbocycles. The zero-order valence-corrected chi connectivity index (χ0v) is 12.2. The minimum atomic E-state index is -0.174. The number of amides is 1. The number of benzene rings is 1. The van der Waals surface area contributed by atoms with E-state index in [1.807, 2.05) is 12.1 Å². The molecule has 19 heavy (non-hydrogen) atoms. The van der Waals surface area contributed by atoms with Crippen LogP contribution < -0.4 is 0 Å². The van der Waals surface area contributed by atoms with E-state index in [1.54, 1.807) is 19.0 Å². The highest BCUT2D eigenvalue weighted by atomic mass is 32.2. The van der Waals surface area contributed by atoms with Gasteiger partial charge in [0, 0.05) is 38.6 Å². The van der Waals surface area contributed by atoms with E-state index >= 15 is 0 Å². The van der Waals surface area contributed by atoms with Crippen LogP contribution in [0.5, 0.6) is 0 Å². The summed E-state index contributed by atoms with van der Waals surface area (Å²) in [5, 5.41) is 9.52. The third-order valence-corrected chi connectivity index (χ3v) is 4.19.